The van der Waals surface area contributed by atoms with Gasteiger partial charge in [-0.15, -0.1) is 0 Å². The first-order valence-electron chi connectivity index (χ1n) is 7.42. The van der Waals surface area contributed by atoms with Crippen LogP contribution in [0, 0.1) is 0 Å². The van der Waals surface area contributed by atoms with Gasteiger partial charge in [0.1, 0.15) is 0 Å². The van der Waals surface area contributed by atoms with Crippen LogP contribution in [0.2, 0.25) is 0 Å². The molecule has 0 radical (unpaired) electrons. The Labute approximate surface area is 164 Å². The Hall–Kier alpha value is -2.51. The Bertz CT molecular complexity index is 1170. The highest BCUT2D eigenvalue weighted by Crippen LogP contribution is 2.21. The van der Waals surface area contributed by atoms with Gasteiger partial charge in [-0.2, -0.15) is 0 Å². The van der Waals surface area contributed by atoms with Gasteiger partial charge in [0, 0.05) is 29.6 Å². The number of hydrogen-bond acceptors (Lipinski definition) is 9. The molecule has 7 N–H and O–H groups in total. The molecule has 2 rings (SSSR count). The first-order valence-corrected chi connectivity index (χ1v) is 13.1. The van der Waals surface area contributed by atoms with Crippen molar-refractivity contribution in [2.75, 3.05) is 40.7 Å². The molecule has 0 unspecified atom stereocenters. The Balaban J connectivity index is 0.000000292. The van der Waals surface area contributed by atoms with Crippen LogP contribution in [0.1, 0.15) is 0 Å². The van der Waals surface area contributed by atoms with Gasteiger partial charge in [0.2, 0.25) is 10.0 Å². The van der Waals surface area contributed by atoms with Crippen LogP contribution in [0.4, 0.5) is 22.7 Å². The maximum absolute atomic E-state index is 11.3. The van der Waals surface area contributed by atoms with E-state index >= 15 is 0 Å². The molecule has 0 atom stereocenters. The fourth-order valence-corrected chi connectivity index (χ4v) is 3.91. The third-order valence-electron chi connectivity index (χ3n) is 3.04. The zero-order valence-electron chi connectivity index (χ0n) is 15.4. The van der Waals surface area contributed by atoms with Crippen molar-refractivity contribution >= 4 is 52.4 Å². The minimum atomic E-state index is -3.46. The van der Waals surface area contributed by atoms with Crippen molar-refractivity contribution < 1.29 is 25.3 Å². The topological polar surface area (TPSA) is 193 Å². The number of nitrogen functional groups attached to an aromatic ring is 3. The van der Waals surface area contributed by atoms with E-state index in [1.54, 1.807) is 0 Å². The summed E-state index contributed by atoms with van der Waals surface area (Å²) in [5, 5.41) is 0. The van der Waals surface area contributed by atoms with Gasteiger partial charge >= 0.3 is 0 Å². The second-order valence-corrected chi connectivity index (χ2v) is 11.8. The molecule has 0 fully saturated rings. The van der Waals surface area contributed by atoms with Crippen LogP contribution < -0.4 is 21.9 Å². The number of rotatable bonds is 4. The molecule has 0 saturated heterocycles. The highest BCUT2D eigenvalue weighted by atomic mass is 32.2. The molecule has 0 heterocycles. The van der Waals surface area contributed by atoms with Crippen molar-refractivity contribution in [3.8, 4) is 0 Å². The third-order valence-corrected chi connectivity index (χ3v) is 5.83. The van der Waals surface area contributed by atoms with Crippen molar-refractivity contribution in [3.05, 3.63) is 36.4 Å². The predicted molar refractivity (Wildman–Crippen MR) is 111 cm³/mol. The van der Waals surface area contributed by atoms with E-state index in [2.05, 4.69) is 4.72 Å². The molecule has 10 nitrogen and oxygen atoms in total. The van der Waals surface area contributed by atoms with Crippen LogP contribution in [0.3, 0.4) is 0 Å². The monoisotopic (exact) mass is 450 g/mol. The molecular weight excluding hydrogens is 428 g/mol. The second-order valence-electron chi connectivity index (χ2n) is 6.04. The number of nitrogens with two attached hydrogens (primary N) is 3. The molecule has 0 saturated carbocycles. The first-order chi connectivity index (χ1) is 12.5. The number of benzene rings is 2. The second kappa shape index (κ2) is 8.24. The number of sulfonamides is 1. The lowest BCUT2D eigenvalue weighted by Crippen LogP contribution is -2.10. The SMILES string of the molecule is CS(=O)(=O)Nc1cc(N)cc(S(C)(=O)=O)c1.CS(=O)(=O)c1cc(N)cc(N)c1. The van der Waals surface area contributed by atoms with E-state index in [-0.39, 0.29) is 21.2 Å². The maximum Gasteiger partial charge on any atom is 0.229 e. The number of hydrogen-bond donors (Lipinski definition) is 4. The van der Waals surface area contributed by atoms with Crippen LogP contribution in [0.15, 0.2) is 46.2 Å². The van der Waals surface area contributed by atoms with E-state index in [0.29, 0.717) is 11.4 Å². The van der Waals surface area contributed by atoms with Crippen LogP contribution in [-0.2, 0) is 29.7 Å². The van der Waals surface area contributed by atoms with E-state index in [1.165, 1.54) is 36.4 Å². The average molecular weight is 451 g/mol. The average Bonchev–Trinajstić information content (AvgIpc) is 2.42. The number of nitrogens with one attached hydrogen (secondary N) is 1. The Morgan fingerprint density at radius 1 is 0.607 bits per heavy atom. The summed E-state index contributed by atoms with van der Waals surface area (Å²) in [6.45, 7) is 0. The molecule has 13 heteroatoms. The molecule has 0 spiro atoms. The van der Waals surface area contributed by atoms with Gasteiger partial charge in [0.25, 0.3) is 0 Å². The Morgan fingerprint density at radius 3 is 1.32 bits per heavy atom. The summed E-state index contributed by atoms with van der Waals surface area (Å²) in [4.78, 5) is 0.124. The van der Waals surface area contributed by atoms with Crippen molar-refractivity contribution in [1.29, 1.82) is 0 Å². The zero-order chi connectivity index (χ0) is 21.9. The van der Waals surface area contributed by atoms with E-state index in [0.717, 1.165) is 18.8 Å². The lowest BCUT2D eigenvalue weighted by molar-refractivity contribution is 0.600. The zero-order valence-corrected chi connectivity index (χ0v) is 17.8. The third kappa shape index (κ3) is 8.02. The van der Waals surface area contributed by atoms with Crippen molar-refractivity contribution in [1.82, 2.24) is 0 Å². The van der Waals surface area contributed by atoms with Gasteiger partial charge in [-0.1, -0.05) is 0 Å². The summed E-state index contributed by atoms with van der Waals surface area (Å²) >= 11 is 0. The molecule has 0 aliphatic heterocycles. The fourth-order valence-electron chi connectivity index (χ4n) is 1.97. The van der Waals surface area contributed by atoms with E-state index in [1.807, 2.05) is 0 Å². The predicted octanol–water partition coefficient (Wildman–Crippen LogP) is 0.298. The van der Waals surface area contributed by atoms with Crippen molar-refractivity contribution in [3.63, 3.8) is 0 Å². The minimum absolute atomic E-state index is 0.0290. The smallest absolute Gasteiger partial charge is 0.229 e. The summed E-state index contributed by atoms with van der Waals surface area (Å²) in [7, 11) is -10.1. The highest BCUT2D eigenvalue weighted by molar-refractivity contribution is 7.92. The van der Waals surface area contributed by atoms with Gasteiger partial charge in [0.15, 0.2) is 19.7 Å². The van der Waals surface area contributed by atoms with E-state index in [4.69, 9.17) is 17.2 Å². The van der Waals surface area contributed by atoms with Crippen LogP contribution >= 0.6 is 0 Å². The van der Waals surface area contributed by atoms with Crippen molar-refractivity contribution in [2.45, 2.75) is 9.79 Å². The molecule has 2 aromatic rings. The summed E-state index contributed by atoms with van der Waals surface area (Å²) in [5.41, 5.74) is 17.3. The molecule has 0 aliphatic rings. The van der Waals surface area contributed by atoms with E-state index < -0.39 is 29.7 Å². The van der Waals surface area contributed by atoms with Gasteiger partial charge in [-0.05, 0) is 36.4 Å². The van der Waals surface area contributed by atoms with Crippen molar-refractivity contribution in [2.24, 2.45) is 0 Å². The largest absolute Gasteiger partial charge is 0.399 e. The molecule has 28 heavy (non-hydrogen) atoms. The lowest BCUT2D eigenvalue weighted by atomic mass is 10.3. The van der Waals surface area contributed by atoms with Gasteiger partial charge < -0.3 is 17.2 Å². The molecule has 0 aliphatic carbocycles. The number of anilines is 4. The summed E-state index contributed by atoms with van der Waals surface area (Å²) in [6.07, 6.45) is 3.10. The fraction of sp³-hybridized carbons (Fsp3) is 0.200. The van der Waals surface area contributed by atoms with Gasteiger partial charge in [-0.3, -0.25) is 4.72 Å². The lowest BCUT2D eigenvalue weighted by Gasteiger charge is -2.07. The standard InChI is InChI=1S/C8H12N2O4S2.C7H10N2O2S/c1-15(11,12)8-4-6(9)3-7(5-8)10-16(2,13)14;1-12(10,11)7-3-5(8)2-6(9)4-7/h3-5,10H,9H2,1-2H3;2-4H,8-9H2,1H3. The van der Waals surface area contributed by atoms with Gasteiger partial charge in [-0.25, -0.2) is 25.3 Å². The first kappa shape index (κ1) is 23.5. The van der Waals surface area contributed by atoms with Crippen LogP contribution in [0.25, 0.3) is 0 Å². The normalized spacial score (nSPS) is 12.0. The molecule has 0 amide bonds. The summed E-state index contributed by atoms with van der Waals surface area (Å²) < 4.78 is 68.7. The Kier molecular flexibility index (Phi) is 6.93. The van der Waals surface area contributed by atoms with E-state index in [9.17, 15) is 25.3 Å². The Morgan fingerprint density at radius 2 is 0.964 bits per heavy atom. The molecule has 156 valence electrons. The highest BCUT2D eigenvalue weighted by Gasteiger charge is 2.11. The molecule has 0 bridgehead atoms. The van der Waals surface area contributed by atoms with Crippen LogP contribution in [0.5, 0.6) is 0 Å². The number of sulfone groups is 2. The van der Waals surface area contributed by atoms with Gasteiger partial charge in [0.05, 0.1) is 21.7 Å². The molecular formula is C15H22N4O6S3. The van der Waals surface area contributed by atoms with Crippen LogP contribution in [-0.4, -0.2) is 44.0 Å². The quantitative estimate of drug-likeness (QED) is 0.474. The molecule has 0 aromatic heterocycles. The summed E-state index contributed by atoms with van der Waals surface area (Å²) in [5.74, 6) is 0. The maximum atomic E-state index is 11.3. The minimum Gasteiger partial charge on any atom is -0.399 e. The summed E-state index contributed by atoms with van der Waals surface area (Å²) in [6, 6.07) is 8.09. The molecule has 2 aromatic carbocycles.